The second-order valence-corrected chi connectivity index (χ2v) is 8.33. The van der Waals surface area contributed by atoms with E-state index in [1.807, 2.05) is 30.0 Å². The fourth-order valence-electron chi connectivity index (χ4n) is 4.08. The molecular formula is C23H32N4O4. The summed E-state index contributed by atoms with van der Waals surface area (Å²) in [6.45, 7) is 3.42. The van der Waals surface area contributed by atoms with Gasteiger partial charge in [0.15, 0.2) is 0 Å². The molecule has 168 valence electrons. The van der Waals surface area contributed by atoms with Gasteiger partial charge in [0.05, 0.1) is 7.11 Å². The number of aryl methyl sites for hydroxylation is 1. The van der Waals surface area contributed by atoms with Gasteiger partial charge in [-0.05, 0) is 68.7 Å². The third-order valence-corrected chi connectivity index (χ3v) is 5.97. The maximum atomic E-state index is 12.6. The van der Waals surface area contributed by atoms with Crippen molar-refractivity contribution >= 4 is 29.1 Å². The Labute approximate surface area is 183 Å². The SMILES string of the molecule is COc1ccc(NC(=O)CC[C@H]2CCCN(C(=O)CCC3=NNC(=O)CC3)C2)c(C)c1. The van der Waals surface area contributed by atoms with Crippen molar-refractivity contribution in [2.24, 2.45) is 11.0 Å². The molecule has 0 aliphatic carbocycles. The standard InChI is InChI=1S/C23H32N4O4/c1-16-14-19(31-2)8-9-20(16)24-21(28)10-5-17-4-3-13-27(15-17)23(30)12-7-18-6-11-22(29)26-25-18/h8-9,14,17H,3-7,10-13,15H2,1-2H3,(H,24,28)(H,26,29)/t17-/m1/s1. The van der Waals surface area contributed by atoms with Crippen LogP contribution in [0.2, 0.25) is 0 Å². The van der Waals surface area contributed by atoms with Crippen molar-refractivity contribution < 1.29 is 19.1 Å². The molecule has 8 nitrogen and oxygen atoms in total. The first-order valence-electron chi connectivity index (χ1n) is 11.0. The van der Waals surface area contributed by atoms with Gasteiger partial charge >= 0.3 is 0 Å². The summed E-state index contributed by atoms with van der Waals surface area (Å²) in [5, 5.41) is 7.01. The molecule has 2 aliphatic rings. The molecule has 0 unspecified atom stereocenters. The molecule has 0 aromatic heterocycles. The number of ether oxygens (including phenoxy) is 1. The van der Waals surface area contributed by atoms with Crippen LogP contribution in [-0.2, 0) is 14.4 Å². The zero-order valence-corrected chi connectivity index (χ0v) is 18.4. The molecule has 8 heteroatoms. The Morgan fingerprint density at radius 1 is 1.29 bits per heavy atom. The first-order valence-corrected chi connectivity index (χ1v) is 11.0. The first-order chi connectivity index (χ1) is 14.9. The summed E-state index contributed by atoms with van der Waals surface area (Å²) in [5.41, 5.74) is 5.12. The molecule has 1 aromatic carbocycles. The van der Waals surface area contributed by atoms with E-state index in [9.17, 15) is 14.4 Å². The lowest BCUT2D eigenvalue weighted by molar-refractivity contribution is -0.132. The number of piperidine rings is 1. The monoisotopic (exact) mass is 428 g/mol. The number of likely N-dealkylation sites (tertiary alicyclic amines) is 1. The maximum absolute atomic E-state index is 12.6. The van der Waals surface area contributed by atoms with Gasteiger partial charge in [0, 0.05) is 43.8 Å². The van der Waals surface area contributed by atoms with E-state index < -0.39 is 0 Å². The van der Waals surface area contributed by atoms with Crippen LogP contribution in [0.5, 0.6) is 5.75 Å². The number of carbonyl (C=O) groups excluding carboxylic acids is 3. The minimum atomic E-state index is -0.0693. The zero-order chi connectivity index (χ0) is 22.2. The smallest absolute Gasteiger partial charge is 0.240 e. The quantitative estimate of drug-likeness (QED) is 0.665. The molecule has 3 amide bonds. The lowest BCUT2D eigenvalue weighted by Crippen LogP contribution is -2.40. The first kappa shape index (κ1) is 22.8. The Morgan fingerprint density at radius 3 is 2.84 bits per heavy atom. The van der Waals surface area contributed by atoms with Crippen molar-refractivity contribution in [3.05, 3.63) is 23.8 Å². The molecule has 1 aromatic rings. The number of hydrogen-bond donors (Lipinski definition) is 2. The lowest BCUT2D eigenvalue weighted by atomic mass is 9.93. The number of nitrogens with one attached hydrogen (secondary N) is 2. The molecule has 3 rings (SSSR count). The molecule has 31 heavy (non-hydrogen) atoms. The predicted octanol–water partition coefficient (Wildman–Crippen LogP) is 3.01. The number of hydrazone groups is 1. The van der Waals surface area contributed by atoms with Gasteiger partial charge in [0.1, 0.15) is 5.75 Å². The number of anilines is 1. The summed E-state index contributed by atoms with van der Waals surface area (Å²) in [6.07, 6.45) is 5.28. The van der Waals surface area contributed by atoms with Crippen LogP contribution in [0.4, 0.5) is 5.69 Å². The van der Waals surface area contributed by atoms with Gasteiger partial charge in [0.25, 0.3) is 0 Å². The molecule has 1 saturated heterocycles. The largest absolute Gasteiger partial charge is 0.497 e. The minimum absolute atomic E-state index is 0.00549. The molecule has 1 fully saturated rings. The highest BCUT2D eigenvalue weighted by Crippen LogP contribution is 2.24. The predicted molar refractivity (Wildman–Crippen MR) is 119 cm³/mol. The molecule has 1 atom stereocenters. The van der Waals surface area contributed by atoms with Gasteiger partial charge in [-0.15, -0.1) is 0 Å². The Morgan fingerprint density at radius 2 is 2.13 bits per heavy atom. The van der Waals surface area contributed by atoms with Gasteiger partial charge < -0.3 is 15.0 Å². The van der Waals surface area contributed by atoms with Gasteiger partial charge in [-0.2, -0.15) is 5.10 Å². The van der Waals surface area contributed by atoms with Crippen LogP contribution in [0.25, 0.3) is 0 Å². The number of carbonyl (C=O) groups is 3. The number of methoxy groups -OCH3 is 1. The lowest BCUT2D eigenvalue weighted by Gasteiger charge is -2.33. The van der Waals surface area contributed by atoms with Crippen molar-refractivity contribution in [3.63, 3.8) is 0 Å². The second-order valence-electron chi connectivity index (χ2n) is 8.33. The van der Waals surface area contributed by atoms with Crippen molar-refractivity contribution in [1.82, 2.24) is 10.3 Å². The van der Waals surface area contributed by atoms with Crippen LogP contribution >= 0.6 is 0 Å². The average molecular weight is 429 g/mol. The van der Waals surface area contributed by atoms with Crippen LogP contribution in [0, 0.1) is 12.8 Å². The van der Waals surface area contributed by atoms with Gasteiger partial charge in [-0.25, -0.2) is 5.43 Å². The Bertz CT molecular complexity index is 852. The molecule has 2 heterocycles. The number of benzene rings is 1. The van der Waals surface area contributed by atoms with Gasteiger partial charge in [-0.3, -0.25) is 14.4 Å². The number of amides is 3. The highest BCUT2D eigenvalue weighted by atomic mass is 16.5. The number of nitrogens with zero attached hydrogens (tertiary/aromatic N) is 2. The third-order valence-electron chi connectivity index (χ3n) is 5.97. The van der Waals surface area contributed by atoms with Crippen LogP contribution in [0.1, 0.15) is 56.9 Å². The van der Waals surface area contributed by atoms with Crippen LogP contribution in [-0.4, -0.2) is 48.5 Å². The van der Waals surface area contributed by atoms with Crippen molar-refractivity contribution in [3.8, 4) is 5.75 Å². The van der Waals surface area contributed by atoms with E-state index in [1.54, 1.807) is 7.11 Å². The second kappa shape index (κ2) is 10.9. The molecule has 0 saturated carbocycles. The van der Waals surface area contributed by atoms with Crippen LogP contribution in [0.3, 0.4) is 0 Å². The highest BCUT2D eigenvalue weighted by Gasteiger charge is 2.24. The van der Waals surface area contributed by atoms with Gasteiger partial charge in [-0.1, -0.05) is 0 Å². The van der Waals surface area contributed by atoms with Gasteiger partial charge in [0.2, 0.25) is 17.7 Å². The Hall–Kier alpha value is -2.90. The summed E-state index contributed by atoms with van der Waals surface area (Å²) < 4.78 is 5.20. The highest BCUT2D eigenvalue weighted by molar-refractivity contribution is 5.94. The fraction of sp³-hybridized carbons (Fsp3) is 0.565. The van der Waals surface area contributed by atoms with E-state index in [2.05, 4.69) is 15.8 Å². The van der Waals surface area contributed by atoms with E-state index >= 15 is 0 Å². The molecule has 2 N–H and O–H groups in total. The molecule has 0 spiro atoms. The van der Waals surface area contributed by atoms with Crippen LogP contribution in [0.15, 0.2) is 23.3 Å². The zero-order valence-electron chi connectivity index (χ0n) is 18.4. The third kappa shape index (κ3) is 6.80. The average Bonchev–Trinajstić information content (AvgIpc) is 2.78. The summed E-state index contributed by atoms with van der Waals surface area (Å²) in [4.78, 5) is 38.1. The number of hydrogen-bond acceptors (Lipinski definition) is 5. The van der Waals surface area contributed by atoms with Crippen molar-refractivity contribution in [2.75, 3.05) is 25.5 Å². The maximum Gasteiger partial charge on any atom is 0.240 e. The van der Waals surface area contributed by atoms with E-state index in [4.69, 9.17) is 4.74 Å². The van der Waals surface area contributed by atoms with E-state index in [0.29, 0.717) is 44.6 Å². The summed E-state index contributed by atoms with van der Waals surface area (Å²) in [7, 11) is 1.62. The van der Waals surface area contributed by atoms with E-state index in [1.165, 1.54) is 0 Å². The topological polar surface area (TPSA) is 100 Å². The number of rotatable bonds is 8. The fourth-order valence-corrected chi connectivity index (χ4v) is 4.08. The summed E-state index contributed by atoms with van der Waals surface area (Å²) in [5.74, 6) is 1.16. The molecule has 2 aliphatic heterocycles. The van der Waals surface area contributed by atoms with E-state index in [-0.39, 0.29) is 17.7 Å². The summed E-state index contributed by atoms with van der Waals surface area (Å²) >= 11 is 0. The summed E-state index contributed by atoms with van der Waals surface area (Å²) in [6, 6.07) is 5.59. The minimum Gasteiger partial charge on any atom is -0.497 e. The molecule has 0 radical (unpaired) electrons. The Balaban J connectivity index is 1.41. The van der Waals surface area contributed by atoms with Crippen molar-refractivity contribution in [2.45, 2.75) is 58.3 Å². The van der Waals surface area contributed by atoms with Crippen molar-refractivity contribution in [1.29, 1.82) is 0 Å². The van der Waals surface area contributed by atoms with Crippen LogP contribution < -0.4 is 15.5 Å². The molecular weight excluding hydrogens is 396 g/mol. The molecule has 0 bridgehead atoms. The van der Waals surface area contributed by atoms with E-state index in [0.717, 1.165) is 48.5 Å². The normalized spacial score (nSPS) is 18.8. The Kier molecular flexibility index (Phi) is 8.03.